The summed E-state index contributed by atoms with van der Waals surface area (Å²) in [5.74, 6) is 0.220. The van der Waals surface area contributed by atoms with Gasteiger partial charge in [0.05, 0.1) is 6.26 Å². The maximum atomic E-state index is 11.8. The number of hydrogen-bond acceptors (Lipinski definition) is 4. The summed E-state index contributed by atoms with van der Waals surface area (Å²) in [6.07, 6.45) is 5.93. The average Bonchev–Trinajstić information content (AvgIpc) is 2.85. The third-order valence-electron chi connectivity index (χ3n) is 3.87. The molecule has 1 heterocycles. The molecule has 0 unspecified atom stereocenters. The Labute approximate surface area is 118 Å². The Kier molecular flexibility index (Phi) is 4.82. The molecule has 1 saturated carbocycles. The van der Waals surface area contributed by atoms with Crippen molar-refractivity contribution < 1.29 is 18.7 Å². The van der Waals surface area contributed by atoms with E-state index in [9.17, 15) is 9.59 Å². The number of rotatable bonds is 4. The second-order valence-electron chi connectivity index (χ2n) is 5.40. The van der Waals surface area contributed by atoms with E-state index in [0.29, 0.717) is 17.2 Å². The first kappa shape index (κ1) is 14.6. The first-order valence-corrected chi connectivity index (χ1v) is 7.08. The summed E-state index contributed by atoms with van der Waals surface area (Å²) in [6.45, 7) is 3.58. The molecule has 0 radical (unpaired) electrons. The minimum absolute atomic E-state index is 0.200. The second kappa shape index (κ2) is 6.59. The molecular weight excluding hydrogens is 258 g/mol. The predicted molar refractivity (Wildman–Crippen MR) is 73.3 cm³/mol. The van der Waals surface area contributed by atoms with Gasteiger partial charge in [0.1, 0.15) is 11.3 Å². The number of nitrogens with one attached hydrogen (secondary N) is 1. The first-order valence-electron chi connectivity index (χ1n) is 7.08. The van der Waals surface area contributed by atoms with Crippen LogP contribution in [-0.4, -0.2) is 24.5 Å². The van der Waals surface area contributed by atoms with E-state index in [1.165, 1.54) is 12.7 Å². The van der Waals surface area contributed by atoms with Crippen LogP contribution in [0.1, 0.15) is 48.7 Å². The number of ether oxygens (including phenoxy) is 1. The highest BCUT2D eigenvalue weighted by Crippen LogP contribution is 2.23. The van der Waals surface area contributed by atoms with Crippen molar-refractivity contribution in [1.29, 1.82) is 0 Å². The molecule has 1 fully saturated rings. The highest BCUT2D eigenvalue weighted by molar-refractivity contribution is 5.92. The number of aryl methyl sites for hydroxylation is 1. The Hall–Kier alpha value is -1.78. The minimum Gasteiger partial charge on any atom is -0.469 e. The van der Waals surface area contributed by atoms with Crippen LogP contribution in [0.4, 0.5) is 0 Å². The summed E-state index contributed by atoms with van der Waals surface area (Å²) in [7, 11) is 0. The van der Waals surface area contributed by atoms with E-state index in [1.54, 1.807) is 13.0 Å². The highest BCUT2D eigenvalue weighted by atomic mass is 16.5. The van der Waals surface area contributed by atoms with Gasteiger partial charge < -0.3 is 14.5 Å². The van der Waals surface area contributed by atoms with E-state index < -0.39 is 5.97 Å². The van der Waals surface area contributed by atoms with Crippen molar-refractivity contribution in [2.24, 2.45) is 5.92 Å². The van der Waals surface area contributed by atoms with E-state index in [4.69, 9.17) is 9.15 Å². The lowest BCUT2D eigenvalue weighted by molar-refractivity contribution is -0.125. The number of amides is 1. The zero-order chi connectivity index (χ0) is 14.5. The van der Waals surface area contributed by atoms with Crippen LogP contribution < -0.4 is 5.32 Å². The molecule has 0 aliphatic heterocycles. The van der Waals surface area contributed by atoms with Gasteiger partial charge in [0, 0.05) is 6.04 Å². The molecule has 2 rings (SSSR count). The minimum atomic E-state index is -0.525. The van der Waals surface area contributed by atoms with Crippen molar-refractivity contribution in [2.45, 2.75) is 45.6 Å². The average molecular weight is 279 g/mol. The topological polar surface area (TPSA) is 68.5 Å². The summed E-state index contributed by atoms with van der Waals surface area (Å²) in [4.78, 5) is 23.5. The fraction of sp³-hybridized carbons (Fsp3) is 0.600. The van der Waals surface area contributed by atoms with Gasteiger partial charge in [0.25, 0.3) is 5.91 Å². The molecule has 0 aromatic carbocycles. The monoisotopic (exact) mass is 279 g/mol. The molecule has 1 aromatic heterocycles. The molecular formula is C15H21NO4. The van der Waals surface area contributed by atoms with Gasteiger partial charge in [-0.15, -0.1) is 0 Å². The lowest BCUT2D eigenvalue weighted by Crippen LogP contribution is -2.42. The van der Waals surface area contributed by atoms with Crippen molar-refractivity contribution >= 4 is 11.9 Å². The molecule has 1 aromatic rings. The van der Waals surface area contributed by atoms with Crippen LogP contribution in [0.5, 0.6) is 0 Å². The van der Waals surface area contributed by atoms with Crippen molar-refractivity contribution in [1.82, 2.24) is 5.32 Å². The van der Waals surface area contributed by atoms with Gasteiger partial charge in [0.15, 0.2) is 6.61 Å². The summed E-state index contributed by atoms with van der Waals surface area (Å²) in [5.41, 5.74) is 0.365. The molecule has 5 heteroatoms. The normalized spacial score (nSPS) is 22.3. The van der Waals surface area contributed by atoms with E-state index in [0.717, 1.165) is 19.3 Å². The fourth-order valence-electron chi connectivity index (χ4n) is 2.58. The zero-order valence-corrected chi connectivity index (χ0v) is 12.0. The third kappa shape index (κ3) is 3.62. The maximum Gasteiger partial charge on any atom is 0.342 e. The number of hydrogen-bond donors (Lipinski definition) is 1. The standard InChI is InChI=1S/C15H21NO4/c1-10-5-3-4-6-13(10)16-14(17)9-20-15(18)12-7-8-19-11(12)2/h7-8,10,13H,3-6,9H2,1-2H3,(H,16,17)/t10-,13-/m0/s1. The van der Waals surface area contributed by atoms with Crippen molar-refractivity contribution in [3.8, 4) is 0 Å². The summed E-state index contributed by atoms with van der Waals surface area (Å²) in [5, 5.41) is 2.94. The van der Waals surface area contributed by atoms with Crippen LogP contribution in [0.2, 0.25) is 0 Å². The van der Waals surface area contributed by atoms with E-state index in [-0.39, 0.29) is 18.6 Å². The largest absolute Gasteiger partial charge is 0.469 e. The summed E-state index contributed by atoms with van der Waals surface area (Å²) >= 11 is 0. The summed E-state index contributed by atoms with van der Waals surface area (Å²) < 4.78 is 10.0. The van der Waals surface area contributed by atoms with Gasteiger partial charge in [-0.1, -0.05) is 19.8 Å². The molecule has 1 aliphatic carbocycles. The molecule has 110 valence electrons. The molecule has 0 saturated heterocycles. The van der Waals surface area contributed by atoms with Crippen LogP contribution in [0, 0.1) is 12.8 Å². The Morgan fingerprint density at radius 2 is 2.15 bits per heavy atom. The maximum absolute atomic E-state index is 11.8. The van der Waals surface area contributed by atoms with Gasteiger partial charge in [-0.05, 0) is 31.7 Å². The lowest BCUT2D eigenvalue weighted by Gasteiger charge is -2.29. The second-order valence-corrected chi connectivity index (χ2v) is 5.40. The van der Waals surface area contributed by atoms with Crippen molar-refractivity contribution in [3.63, 3.8) is 0 Å². The van der Waals surface area contributed by atoms with Gasteiger partial charge in [-0.2, -0.15) is 0 Å². The smallest absolute Gasteiger partial charge is 0.342 e. The molecule has 1 aliphatic rings. The van der Waals surface area contributed by atoms with Gasteiger partial charge in [-0.3, -0.25) is 4.79 Å². The van der Waals surface area contributed by atoms with Gasteiger partial charge in [-0.25, -0.2) is 4.79 Å². The third-order valence-corrected chi connectivity index (χ3v) is 3.87. The SMILES string of the molecule is Cc1occc1C(=O)OCC(=O)N[C@H]1CCCC[C@@H]1C. The van der Waals surface area contributed by atoms with Crippen LogP contribution in [0.15, 0.2) is 16.7 Å². The van der Waals surface area contributed by atoms with E-state index >= 15 is 0 Å². The Bertz CT molecular complexity index is 480. The first-order chi connectivity index (χ1) is 9.58. The lowest BCUT2D eigenvalue weighted by atomic mass is 9.86. The molecule has 0 spiro atoms. The quantitative estimate of drug-likeness (QED) is 0.859. The number of esters is 1. The number of furan rings is 1. The van der Waals surface area contributed by atoms with Crippen LogP contribution in [0.25, 0.3) is 0 Å². The molecule has 20 heavy (non-hydrogen) atoms. The van der Waals surface area contributed by atoms with E-state index in [1.807, 2.05) is 0 Å². The van der Waals surface area contributed by atoms with Crippen LogP contribution >= 0.6 is 0 Å². The summed E-state index contributed by atoms with van der Waals surface area (Å²) in [6, 6.07) is 1.74. The van der Waals surface area contributed by atoms with Gasteiger partial charge in [0.2, 0.25) is 0 Å². The number of carbonyl (C=O) groups is 2. The predicted octanol–water partition coefficient (Wildman–Crippen LogP) is 2.44. The Balaban J connectivity index is 1.77. The fourth-order valence-corrected chi connectivity index (χ4v) is 2.58. The number of carbonyl (C=O) groups excluding carboxylic acids is 2. The molecule has 1 amide bonds. The van der Waals surface area contributed by atoms with Crippen LogP contribution in [0.3, 0.4) is 0 Å². The zero-order valence-electron chi connectivity index (χ0n) is 12.0. The molecule has 1 N–H and O–H groups in total. The van der Waals surface area contributed by atoms with Crippen LogP contribution in [-0.2, 0) is 9.53 Å². The Morgan fingerprint density at radius 1 is 1.40 bits per heavy atom. The van der Waals surface area contributed by atoms with Crippen molar-refractivity contribution in [2.75, 3.05) is 6.61 Å². The molecule has 2 atom stereocenters. The van der Waals surface area contributed by atoms with E-state index in [2.05, 4.69) is 12.2 Å². The molecule has 5 nitrogen and oxygen atoms in total. The Morgan fingerprint density at radius 3 is 2.80 bits per heavy atom. The van der Waals surface area contributed by atoms with Crippen molar-refractivity contribution in [3.05, 3.63) is 23.7 Å². The highest BCUT2D eigenvalue weighted by Gasteiger charge is 2.23. The molecule has 0 bridgehead atoms. The van der Waals surface area contributed by atoms with Gasteiger partial charge >= 0.3 is 5.97 Å².